The van der Waals surface area contributed by atoms with E-state index in [-0.39, 0.29) is 0 Å². The van der Waals surface area contributed by atoms with Crippen LogP contribution >= 0.6 is 0 Å². The van der Waals surface area contributed by atoms with Crippen LogP contribution < -0.4 is 0 Å². The van der Waals surface area contributed by atoms with Crippen molar-refractivity contribution in [2.45, 2.75) is 20.0 Å². The lowest BCUT2D eigenvalue weighted by atomic mass is 10.1. The van der Waals surface area contributed by atoms with E-state index in [1.165, 1.54) is 12.3 Å². The summed E-state index contributed by atoms with van der Waals surface area (Å²) >= 11 is 0. The molecule has 0 saturated heterocycles. The zero-order valence-electron chi connectivity index (χ0n) is 12.4. The Balaban J connectivity index is 2.33. The SMILES string of the molecule is Cc1c(C#N)c2nccc(-c3cccc(C(F)(F)F)c3)n2c1C. The van der Waals surface area contributed by atoms with Crippen molar-refractivity contribution in [3.05, 3.63) is 58.9 Å². The molecule has 0 spiro atoms. The molecular formula is C17H12F3N3. The Labute approximate surface area is 130 Å². The number of benzene rings is 1. The summed E-state index contributed by atoms with van der Waals surface area (Å²) in [5.74, 6) is 0. The van der Waals surface area contributed by atoms with Crippen LogP contribution in [0.15, 0.2) is 36.5 Å². The molecule has 0 N–H and O–H groups in total. The van der Waals surface area contributed by atoms with Gasteiger partial charge in [0, 0.05) is 11.9 Å². The second-order valence-corrected chi connectivity index (χ2v) is 5.26. The summed E-state index contributed by atoms with van der Waals surface area (Å²) in [6, 6.07) is 8.90. The Hall–Kier alpha value is -2.81. The summed E-state index contributed by atoms with van der Waals surface area (Å²) in [5, 5.41) is 9.29. The van der Waals surface area contributed by atoms with E-state index in [2.05, 4.69) is 11.1 Å². The van der Waals surface area contributed by atoms with Gasteiger partial charge in [-0.1, -0.05) is 12.1 Å². The van der Waals surface area contributed by atoms with Crippen LogP contribution in [0, 0.1) is 25.2 Å². The predicted molar refractivity (Wildman–Crippen MR) is 79.8 cm³/mol. The average Bonchev–Trinajstić information content (AvgIpc) is 2.78. The highest BCUT2D eigenvalue weighted by Crippen LogP contribution is 2.33. The lowest BCUT2D eigenvalue weighted by Gasteiger charge is -2.11. The molecule has 0 fully saturated rings. The lowest BCUT2D eigenvalue weighted by molar-refractivity contribution is -0.137. The normalized spacial score (nSPS) is 11.7. The number of rotatable bonds is 1. The Bertz CT molecular complexity index is 946. The van der Waals surface area contributed by atoms with Gasteiger partial charge in [-0.2, -0.15) is 18.4 Å². The van der Waals surface area contributed by atoms with Gasteiger partial charge in [0.25, 0.3) is 0 Å². The molecular weight excluding hydrogens is 303 g/mol. The fourth-order valence-corrected chi connectivity index (χ4v) is 2.67. The first kappa shape index (κ1) is 15.1. The maximum absolute atomic E-state index is 12.9. The summed E-state index contributed by atoms with van der Waals surface area (Å²) in [4.78, 5) is 4.21. The molecule has 0 radical (unpaired) electrons. The minimum Gasteiger partial charge on any atom is -0.297 e. The molecule has 0 aliphatic carbocycles. The maximum atomic E-state index is 12.9. The summed E-state index contributed by atoms with van der Waals surface area (Å²) in [6.07, 6.45) is -2.90. The van der Waals surface area contributed by atoms with Gasteiger partial charge in [0.15, 0.2) is 5.65 Å². The monoisotopic (exact) mass is 315 g/mol. The van der Waals surface area contributed by atoms with Crippen LogP contribution in [-0.4, -0.2) is 9.38 Å². The van der Waals surface area contributed by atoms with E-state index < -0.39 is 11.7 Å². The molecule has 0 aliphatic rings. The van der Waals surface area contributed by atoms with Gasteiger partial charge in [-0.3, -0.25) is 4.40 Å². The van der Waals surface area contributed by atoms with E-state index in [1.54, 1.807) is 23.5 Å². The number of aromatic nitrogens is 2. The second kappa shape index (κ2) is 5.13. The molecule has 0 saturated carbocycles. The Morgan fingerprint density at radius 2 is 1.91 bits per heavy atom. The third-order valence-corrected chi connectivity index (χ3v) is 3.96. The molecule has 0 unspecified atom stereocenters. The first-order valence-electron chi connectivity index (χ1n) is 6.89. The van der Waals surface area contributed by atoms with Crippen LogP contribution in [0.3, 0.4) is 0 Å². The topological polar surface area (TPSA) is 41.1 Å². The van der Waals surface area contributed by atoms with Gasteiger partial charge >= 0.3 is 6.18 Å². The number of halogens is 3. The van der Waals surface area contributed by atoms with E-state index in [0.717, 1.165) is 23.4 Å². The van der Waals surface area contributed by atoms with Gasteiger partial charge in [-0.05, 0) is 43.2 Å². The number of aryl methyl sites for hydroxylation is 1. The van der Waals surface area contributed by atoms with E-state index in [9.17, 15) is 18.4 Å². The number of alkyl halides is 3. The van der Waals surface area contributed by atoms with E-state index >= 15 is 0 Å². The Kier molecular flexibility index (Phi) is 3.37. The molecule has 0 atom stereocenters. The van der Waals surface area contributed by atoms with Gasteiger partial charge in [-0.15, -0.1) is 0 Å². The molecule has 0 bridgehead atoms. The van der Waals surface area contributed by atoms with Crippen molar-refractivity contribution in [3.63, 3.8) is 0 Å². The first-order chi connectivity index (χ1) is 10.8. The van der Waals surface area contributed by atoms with Crippen molar-refractivity contribution < 1.29 is 13.2 Å². The van der Waals surface area contributed by atoms with Crippen molar-refractivity contribution in [1.82, 2.24) is 9.38 Å². The highest BCUT2D eigenvalue weighted by Gasteiger charge is 2.30. The molecule has 6 heteroatoms. The Morgan fingerprint density at radius 1 is 1.17 bits per heavy atom. The van der Waals surface area contributed by atoms with Crippen LogP contribution in [-0.2, 0) is 6.18 Å². The van der Waals surface area contributed by atoms with Crippen molar-refractivity contribution >= 4 is 5.65 Å². The van der Waals surface area contributed by atoms with Crippen LogP contribution in [0.4, 0.5) is 13.2 Å². The predicted octanol–water partition coefficient (Wildman–Crippen LogP) is 4.51. The molecule has 2 aromatic heterocycles. The summed E-state index contributed by atoms with van der Waals surface area (Å²) in [6.45, 7) is 3.63. The molecule has 23 heavy (non-hydrogen) atoms. The second-order valence-electron chi connectivity index (χ2n) is 5.26. The highest BCUT2D eigenvalue weighted by atomic mass is 19.4. The third kappa shape index (κ3) is 2.34. The average molecular weight is 315 g/mol. The lowest BCUT2D eigenvalue weighted by Crippen LogP contribution is -2.05. The quantitative estimate of drug-likeness (QED) is 0.663. The molecule has 3 nitrogen and oxygen atoms in total. The zero-order valence-corrected chi connectivity index (χ0v) is 12.4. The van der Waals surface area contributed by atoms with Gasteiger partial charge in [0.1, 0.15) is 6.07 Å². The zero-order chi connectivity index (χ0) is 16.8. The summed E-state index contributed by atoms with van der Waals surface area (Å²) in [5.41, 5.74) is 2.75. The minimum absolute atomic E-state index is 0.426. The highest BCUT2D eigenvalue weighted by molar-refractivity contribution is 5.70. The van der Waals surface area contributed by atoms with Gasteiger partial charge in [0.05, 0.1) is 16.8 Å². The maximum Gasteiger partial charge on any atom is 0.416 e. The van der Waals surface area contributed by atoms with Gasteiger partial charge in [0.2, 0.25) is 0 Å². The van der Waals surface area contributed by atoms with Crippen LogP contribution in [0.25, 0.3) is 16.9 Å². The Morgan fingerprint density at radius 3 is 2.57 bits per heavy atom. The van der Waals surface area contributed by atoms with Crippen LogP contribution in [0.2, 0.25) is 0 Å². The number of fused-ring (bicyclic) bond motifs is 1. The molecule has 0 amide bonds. The number of nitrogens with zero attached hydrogens (tertiary/aromatic N) is 3. The summed E-state index contributed by atoms with van der Waals surface area (Å²) < 4.78 is 40.5. The van der Waals surface area contributed by atoms with Crippen molar-refractivity contribution in [2.75, 3.05) is 0 Å². The molecule has 2 heterocycles. The number of hydrogen-bond donors (Lipinski definition) is 0. The van der Waals surface area contributed by atoms with E-state index in [0.29, 0.717) is 22.5 Å². The summed E-state index contributed by atoms with van der Waals surface area (Å²) in [7, 11) is 0. The molecule has 1 aromatic carbocycles. The largest absolute Gasteiger partial charge is 0.416 e. The van der Waals surface area contributed by atoms with Gasteiger partial charge < -0.3 is 0 Å². The van der Waals surface area contributed by atoms with E-state index in [1.807, 2.05) is 6.92 Å². The van der Waals surface area contributed by atoms with Gasteiger partial charge in [-0.25, -0.2) is 4.98 Å². The van der Waals surface area contributed by atoms with Crippen molar-refractivity contribution in [1.29, 1.82) is 5.26 Å². The molecule has 3 aromatic rings. The molecule has 3 rings (SSSR count). The van der Waals surface area contributed by atoms with E-state index in [4.69, 9.17) is 0 Å². The fourth-order valence-electron chi connectivity index (χ4n) is 2.67. The van der Waals surface area contributed by atoms with Crippen LogP contribution in [0.5, 0.6) is 0 Å². The van der Waals surface area contributed by atoms with Crippen LogP contribution in [0.1, 0.15) is 22.4 Å². The van der Waals surface area contributed by atoms with Crippen molar-refractivity contribution in [3.8, 4) is 17.3 Å². The minimum atomic E-state index is -4.40. The number of nitriles is 1. The first-order valence-corrected chi connectivity index (χ1v) is 6.89. The smallest absolute Gasteiger partial charge is 0.297 e. The fraction of sp³-hybridized carbons (Fsp3) is 0.176. The number of hydrogen-bond acceptors (Lipinski definition) is 2. The third-order valence-electron chi connectivity index (χ3n) is 3.96. The molecule has 0 aliphatic heterocycles. The molecule has 116 valence electrons. The van der Waals surface area contributed by atoms with Crippen molar-refractivity contribution in [2.24, 2.45) is 0 Å². The standard InChI is InChI=1S/C17H12F3N3/c1-10-11(2)23-15(6-7-22-16(23)14(10)9-21)12-4-3-5-13(8-12)17(18,19)20/h3-8H,1-2H3.